The summed E-state index contributed by atoms with van der Waals surface area (Å²) in [7, 11) is 1.57. The summed E-state index contributed by atoms with van der Waals surface area (Å²) in [6.07, 6.45) is 1.55. The third-order valence-corrected chi connectivity index (χ3v) is 2.47. The molecule has 0 saturated carbocycles. The van der Waals surface area contributed by atoms with E-state index in [1.54, 1.807) is 25.4 Å². The Morgan fingerprint density at radius 3 is 2.94 bits per heavy atom. The van der Waals surface area contributed by atoms with Crippen molar-refractivity contribution < 1.29 is 14.3 Å². The maximum Gasteiger partial charge on any atom is 0.328 e. The smallest absolute Gasteiger partial charge is 0.328 e. The zero-order valence-electron chi connectivity index (χ0n) is 9.52. The molecule has 6 heteroatoms. The molecule has 2 heterocycles. The fourth-order valence-electron chi connectivity index (χ4n) is 1.65. The first-order chi connectivity index (χ1) is 8.13. The lowest BCUT2D eigenvalue weighted by atomic mass is 10.3. The fraction of sp³-hybridized carbons (Fsp3) is 0.273. The molecule has 3 N–H and O–H groups in total. The van der Waals surface area contributed by atoms with Gasteiger partial charge in [0.25, 0.3) is 0 Å². The topological polar surface area (TPSA) is 91.2 Å². The number of aryl methyl sites for hydroxylation is 1. The van der Waals surface area contributed by atoms with Gasteiger partial charge in [-0.2, -0.15) is 0 Å². The number of likely N-dealkylation sites (N-methyl/N-ethyl adjacent to an activating group) is 1. The van der Waals surface area contributed by atoms with E-state index in [0.29, 0.717) is 17.3 Å². The predicted molar refractivity (Wildman–Crippen MR) is 60.5 cm³/mol. The minimum atomic E-state index is -0.979. The number of aromatic nitrogens is 2. The highest BCUT2D eigenvalue weighted by molar-refractivity contribution is 5.74. The first-order valence-electron chi connectivity index (χ1n) is 5.14. The van der Waals surface area contributed by atoms with Gasteiger partial charge in [0.15, 0.2) is 11.8 Å². The van der Waals surface area contributed by atoms with Crippen molar-refractivity contribution in [1.29, 1.82) is 0 Å². The van der Waals surface area contributed by atoms with Crippen LogP contribution in [0.2, 0.25) is 0 Å². The molecule has 2 aromatic heterocycles. The summed E-state index contributed by atoms with van der Waals surface area (Å²) in [6, 6.07) is 2.69. The Labute approximate surface area is 97.7 Å². The van der Waals surface area contributed by atoms with Crippen molar-refractivity contribution in [1.82, 2.24) is 15.3 Å². The van der Waals surface area contributed by atoms with Gasteiger partial charge < -0.3 is 19.8 Å². The summed E-state index contributed by atoms with van der Waals surface area (Å²) in [5.74, 6) is 0.00128. The number of rotatable bonds is 4. The van der Waals surface area contributed by atoms with E-state index in [2.05, 4.69) is 15.3 Å². The second kappa shape index (κ2) is 4.42. The van der Waals surface area contributed by atoms with Crippen LogP contribution in [0, 0.1) is 6.92 Å². The van der Waals surface area contributed by atoms with Crippen LogP contribution < -0.4 is 5.32 Å². The molecule has 1 atom stereocenters. The Hall–Kier alpha value is -2.08. The quantitative estimate of drug-likeness (QED) is 0.743. The number of imidazole rings is 1. The fourth-order valence-corrected chi connectivity index (χ4v) is 1.65. The van der Waals surface area contributed by atoms with Crippen molar-refractivity contribution in [3.8, 4) is 11.5 Å². The van der Waals surface area contributed by atoms with E-state index in [-0.39, 0.29) is 0 Å². The van der Waals surface area contributed by atoms with Crippen molar-refractivity contribution in [3.05, 3.63) is 29.9 Å². The third-order valence-electron chi connectivity index (χ3n) is 2.47. The average molecular weight is 235 g/mol. The van der Waals surface area contributed by atoms with Crippen molar-refractivity contribution in [2.45, 2.75) is 13.0 Å². The summed E-state index contributed by atoms with van der Waals surface area (Å²) >= 11 is 0. The molecule has 0 bridgehead atoms. The molecule has 0 saturated heterocycles. The highest BCUT2D eigenvalue weighted by atomic mass is 16.4. The lowest BCUT2D eigenvalue weighted by Gasteiger charge is -2.06. The molecule has 0 aliphatic carbocycles. The van der Waals surface area contributed by atoms with Crippen LogP contribution in [-0.2, 0) is 4.79 Å². The second-order valence-corrected chi connectivity index (χ2v) is 3.63. The number of hydrogen-bond acceptors (Lipinski definition) is 4. The van der Waals surface area contributed by atoms with E-state index in [0.717, 1.165) is 5.69 Å². The lowest BCUT2D eigenvalue weighted by molar-refractivity contribution is -0.139. The number of hydrogen-bond donors (Lipinski definition) is 3. The van der Waals surface area contributed by atoms with Gasteiger partial charge in [-0.15, -0.1) is 0 Å². The van der Waals surface area contributed by atoms with Crippen LogP contribution in [0.5, 0.6) is 0 Å². The monoisotopic (exact) mass is 235 g/mol. The summed E-state index contributed by atoms with van der Waals surface area (Å²) in [4.78, 5) is 18.2. The summed E-state index contributed by atoms with van der Waals surface area (Å²) in [6.45, 7) is 1.82. The number of carbonyl (C=O) groups is 1. The van der Waals surface area contributed by atoms with E-state index in [1.165, 1.54) is 0 Å². The largest absolute Gasteiger partial charge is 0.480 e. The van der Waals surface area contributed by atoms with Crippen LogP contribution in [0.4, 0.5) is 0 Å². The second-order valence-electron chi connectivity index (χ2n) is 3.63. The summed E-state index contributed by atoms with van der Waals surface area (Å²) in [5, 5.41) is 11.7. The van der Waals surface area contributed by atoms with Crippen molar-refractivity contribution >= 4 is 5.97 Å². The summed E-state index contributed by atoms with van der Waals surface area (Å²) < 4.78 is 5.24. The molecule has 0 aromatic carbocycles. The van der Waals surface area contributed by atoms with Crippen molar-refractivity contribution in [2.24, 2.45) is 0 Å². The Morgan fingerprint density at radius 1 is 1.65 bits per heavy atom. The average Bonchev–Trinajstić information content (AvgIpc) is 2.87. The number of nitrogens with one attached hydrogen (secondary N) is 2. The Balaban J connectivity index is 2.40. The molecule has 2 aromatic rings. The number of aromatic amines is 1. The number of carboxylic acid groups (broad SMARTS) is 1. The van der Waals surface area contributed by atoms with Crippen LogP contribution in [0.15, 0.2) is 22.8 Å². The molecule has 2 rings (SSSR count). The molecule has 0 aliphatic rings. The maximum atomic E-state index is 11.0. The first-order valence-corrected chi connectivity index (χ1v) is 5.14. The Kier molecular flexibility index (Phi) is 2.97. The molecule has 0 aliphatic heterocycles. The molecular formula is C11H13N3O3. The Bertz CT molecular complexity index is 516. The van der Waals surface area contributed by atoms with E-state index in [9.17, 15) is 4.79 Å². The van der Waals surface area contributed by atoms with E-state index < -0.39 is 12.0 Å². The number of nitrogens with zero attached hydrogens (tertiary/aromatic N) is 1. The highest BCUT2D eigenvalue weighted by Crippen LogP contribution is 2.23. The van der Waals surface area contributed by atoms with E-state index in [4.69, 9.17) is 9.52 Å². The standard InChI is InChI=1S/C11H13N3O3/c1-6-8(7-4-3-5-17-7)14-10(13-6)9(12-2)11(15)16/h3-5,9,12H,1-2H3,(H,13,14)(H,15,16). The van der Waals surface area contributed by atoms with Gasteiger partial charge in [0.05, 0.1) is 6.26 Å². The predicted octanol–water partition coefficient (Wildman–Crippen LogP) is 1.32. The van der Waals surface area contributed by atoms with Crippen molar-refractivity contribution in [2.75, 3.05) is 7.05 Å². The molecule has 6 nitrogen and oxygen atoms in total. The van der Waals surface area contributed by atoms with Crippen LogP contribution in [-0.4, -0.2) is 28.1 Å². The van der Waals surface area contributed by atoms with Gasteiger partial charge in [-0.05, 0) is 26.1 Å². The van der Waals surface area contributed by atoms with Crippen LogP contribution in [0.25, 0.3) is 11.5 Å². The normalized spacial score (nSPS) is 12.6. The molecular weight excluding hydrogens is 222 g/mol. The van der Waals surface area contributed by atoms with Gasteiger partial charge in [-0.25, -0.2) is 4.98 Å². The first kappa shape index (κ1) is 11.4. The lowest BCUT2D eigenvalue weighted by Crippen LogP contribution is -2.26. The zero-order valence-corrected chi connectivity index (χ0v) is 9.52. The SMILES string of the molecule is CNC(C(=O)O)c1nc(-c2ccco2)c(C)[nH]1. The number of furan rings is 1. The number of H-pyrrole nitrogens is 1. The van der Waals surface area contributed by atoms with Crippen LogP contribution >= 0.6 is 0 Å². The maximum absolute atomic E-state index is 11.0. The minimum Gasteiger partial charge on any atom is -0.480 e. The van der Waals surface area contributed by atoms with Crippen LogP contribution in [0.1, 0.15) is 17.6 Å². The summed E-state index contributed by atoms with van der Waals surface area (Å²) in [5.41, 5.74) is 1.41. The Morgan fingerprint density at radius 2 is 2.41 bits per heavy atom. The molecule has 90 valence electrons. The van der Waals surface area contributed by atoms with Gasteiger partial charge in [0, 0.05) is 5.69 Å². The zero-order chi connectivity index (χ0) is 12.4. The van der Waals surface area contributed by atoms with Gasteiger partial charge in [0.1, 0.15) is 11.5 Å². The van der Waals surface area contributed by atoms with E-state index in [1.807, 2.05) is 6.92 Å². The minimum absolute atomic E-state index is 0.365. The molecule has 1 unspecified atom stereocenters. The molecule has 0 spiro atoms. The highest BCUT2D eigenvalue weighted by Gasteiger charge is 2.23. The molecule has 17 heavy (non-hydrogen) atoms. The van der Waals surface area contributed by atoms with Gasteiger partial charge >= 0.3 is 5.97 Å². The van der Waals surface area contributed by atoms with Gasteiger partial charge in [-0.3, -0.25) is 4.79 Å². The van der Waals surface area contributed by atoms with Crippen molar-refractivity contribution in [3.63, 3.8) is 0 Å². The molecule has 0 amide bonds. The third kappa shape index (κ3) is 2.07. The molecule has 0 radical (unpaired) electrons. The molecule has 0 fully saturated rings. The van der Waals surface area contributed by atoms with E-state index >= 15 is 0 Å². The van der Waals surface area contributed by atoms with Crippen LogP contribution in [0.3, 0.4) is 0 Å². The number of aliphatic carboxylic acids is 1. The number of carboxylic acids is 1. The van der Waals surface area contributed by atoms with Gasteiger partial charge in [-0.1, -0.05) is 0 Å². The van der Waals surface area contributed by atoms with Gasteiger partial charge in [0.2, 0.25) is 0 Å².